The van der Waals surface area contributed by atoms with Gasteiger partial charge in [0.1, 0.15) is 11.6 Å². The maximum Gasteiger partial charge on any atom is 0.130 e. The Kier molecular flexibility index (Phi) is 5.05. The molecule has 0 amide bonds. The summed E-state index contributed by atoms with van der Waals surface area (Å²) in [4.78, 5) is 0. The first-order valence-electron chi connectivity index (χ1n) is 4.89. The van der Waals surface area contributed by atoms with Crippen LogP contribution in [0.5, 0.6) is 0 Å². The van der Waals surface area contributed by atoms with E-state index < -0.39 is 11.6 Å². The summed E-state index contributed by atoms with van der Waals surface area (Å²) in [6.07, 6.45) is 0.910. The fourth-order valence-corrected chi connectivity index (χ4v) is 2.19. The van der Waals surface area contributed by atoms with Crippen molar-refractivity contribution in [3.8, 4) is 0 Å². The molecule has 0 fully saturated rings. The standard InChI is InChI=1S/C11H15F2NS/c1-8(4-5-14)15-7-9-2-3-10(12)6-11(9)13/h2-3,6,8H,4-5,7,14H2,1H3. The van der Waals surface area contributed by atoms with Gasteiger partial charge in [0.05, 0.1) is 0 Å². The van der Waals surface area contributed by atoms with Crippen LogP contribution in [0.4, 0.5) is 8.78 Å². The van der Waals surface area contributed by atoms with Gasteiger partial charge in [0, 0.05) is 17.1 Å². The van der Waals surface area contributed by atoms with Crippen molar-refractivity contribution in [2.24, 2.45) is 5.73 Å². The molecule has 2 N–H and O–H groups in total. The highest BCUT2D eigenvalue weighted by atomic mass is 32.2. The van der Waals surface area contributed by atoms with Gasteiger partial charge in [0.2, 0.25) is 0 Å². The van der Waals surface area contributed by atoms with Crippen LogP contribution in [-0.2, 0) is 5.75 Å². The van der Waals surface area contributed by atoms with Crippen LogP contribution in [0.3, 0.4) is 0 Å². The summed E-state index contributed by atoms with van der Waals surface area (Å²) in [7, 11) is 0. The van der Waals surface area contributed by atoms with Crippen LogP contribution in [0.2, 0.25) is 0 Å². The second-order valence-corrected chi connectivity index (χ2v) is 4.86. The minimum atomic E-state index is -0.531. The van der Waals surface area contributed by atoms with Gasteiger partial charge in [-0.3, -0.25) is 0 Å². The van der Waals surface area contributed by atoms with Gasteiger partial charge >= 0.3 is 0 Å². The molecule has 0 aliphatic carbocycles. The van der Waals surface area contributed by atoms with Crippen LogP contribution >= 0.6 is 11.8 Å². The molecule has 1 aromatic carbocycles. The number of rotatable bonds is 5. The predicted molar refractivity (Wildman–Crippen MR) is 60.8 cm³/mol. The molecule has 0 aliphatic heterocycles. The lowest BCUT2D eigenvalue weighted by Gasteiger charge is -2.09. The van der Waals surface area contributed by atoms with Crippen LogP contribution in [0.25, 0.3) is 0 Å². The van der Waals surface area contributed by atoms with Gasteiger partial charge in [-0.05, 0) is 24.6 Å². The lowest BCUT2D eigenvalue weighted by molar-refractivity contribution is 0.576. The van der Waals surface area contributed by atoms with Crippen LogP contribution in [-0.4, -0.2) is 11.8 Å². The molecule has 1 rings (SSSR count). The van der Waals surface area contributed by atoms with Crippen molar-refractivity contribution in [3.05, 3.63) is 35.4 Å². The van der Waals surface area contributed by atoms with Crippen molar-refractivity contribution >= 4 is 11.8 Å². The van der Waals surface area contributed by atoms with Crippen LogP contribution < -0.4 is 5.73 Å². The summed E-state index contributed by atoms with van der Waals surface area (Å²) in [5.74, 6) is -0.438. The van der Waals surface area contributed by atoms with Crippen molar-refractivity contribution in [3.63, 3.8) is 0 Å². The zero-order valence-corrected chi connectivity index (χ0v) is 9.49. The first-order valence-corrected chi connectivity index (χ1v) is 5.94. The van der Waals surface area contributed by atoms with E-state index in [2.05, 4.69) is 6.92 Å². The van der Waals surface area contributed by atoms with Gasteiger partial charge in [-0.2, -0.15) is 11.8 Å². The number of thioether (sulfide) groups is 1. The zero-order chi connectivity index (χ0) is 11.3. The SMILES string of the molecule is CC(CCN)SCc1ccc(F)cc1F. The third-order valence-corrected chi connectivity index (χ3v) is 3.39. The van der Waals surface area contributed by atoms with Gasteiger partial charge in [0.15, 0.2) is 0 Å². The molecule has 1 unspecified atom stereocenters. The Bertz CT molecular complexity index is 317. The smallest absolute Gasteiger partial charge is 0.130 e. The second kappa shape index (κ2) is 6.08. The van der Waals surface area contributed by atoms with Crippen LogP contribution in [0.1, 0.15) is 18.9 Å². The Balaban J connectivity index is 2.50. The van der Waals surface area contributed by atoms with E-state index in [0.717, 1.165) is 12.5 Å². The first-order chi connectivity index (χ1) is 7.13. The minimum Gasteiger partial charge on any atom is -0.330 e. The molecule has 0 saturated heterocycles. The van der Waals surface area contributed by atoms with Crippen molar-refractivity contribution in [1.82, 2.24) is 0 Å². The van der Waals surface area contributed by atoms with Crippen molar-refractivity contribution in [2.45, 2.75) is 24.3 Å². The zero-order valence-electron chi connectivity index (χ0n) is 8.67. The normalized spacial score (nSPS) is 12.8. The summed E-state index contributed by atoms with van der Waals surface area (Å²) >= 11 is 1.63. The Hall–Kier alpha value is -0.610. The molecule has 0 saturated carbocycles. The lowest BCUT2D eigenvalue weighted by atomic mass is 10.2. The largest absolute Gasteiger partial charge is 0.330 e. The highest BCUT2D eigenvalue weighted by molar-refractivity contribution is 7.99. The average Bonchev–Trinajstić information content (AvgIpc) is 2.17. The summed E-state index contributed by atoms with van der Waals surface area (Å²) in [6, 6.07) is 3.70. The van der Waals surface area contributed by atoms with E-state index in [4.69, 9.17) is 5.73 Å². The average molecular weight is 231 g/mol. The third-order valence-electron chi connectivity index (χ3n) is 2.11. The van der Waals surface area contributed by atoms with E-state index in [0.29, 0.717) is 23.1 Å². The summed E-state index contributed by atoms with van der Waals surface area (Å²) < 4.78 is 25.8. The molecule has 0 aromatic heterocycles. The van der Waals surface area contributed by atoms with Gasteiger partial charge in [-0.15, -0.1) is 0 Å². The molecule has 0 spiro atoms. The van der Waals surface area contributed by atoms with Gasteiger partial charge < -0.3 is 5.73 Å². The highest BCUT2D eigenvalue weighted by Gasteiger charge is 2.06. The van der Waals surface area contributed by atoms with E-state index >= 15 is 0 Å². The molecule has 0 aliphatic rings. The molecular weight excluding hydrogens is 216 g/mol. The Morgan fingerprint density at radius 2 is 2.13 bits per heavy atom. The molecule has 0 bridgehead atoms. The van der Waals surface area contributed by atoms with Crippen molar-refractivity contribution in [2.75, 3.05) is 6.54 Å². The van der Waals surface area contributed by atoms with Crippen molar-refractivity contribution in [1.29, 1.82) is 0 Å². The van der Waals surface area contributed by atoms with Gasteiger partial charge in [0.25, 0.3) is 0 Å². The minimum absolute atomic E-state index is 0.402. The monoisotopic (exact) mass is 231 g/mol. The number of nitrogens with two attached hydrogens (primary N) is 1. The quantitative estimate of drug-likeness (QED) is 0.843. The van der Waals surface area contributed by atoms with E-state index in [1.165, 1.54) is 12.1 Å². The number of hydrogen-bond donors (Lipinski definition) is 1. The maximum atomic E-state index is 13.2. The number of halogens is 2. The second-order valence-electron chi connectivity index (χ2n) is 3.43. The highest BCUT2D eigenvalue weighted by Crippen LogP contribution is 2.21. The maximum absolute atomic E-state index is 13.2. The fraction of sp³-hybridized carbons (Fsp3) is 0.455. The van der Waals surface area contributed by atoms with E-state index in [1.807, 2.05) is 0 Å². The number of benzene rings is 1. The summed E-state index contributed by atoms with van der Waals surface area (Å²) in [5.41, 5.74) is 5.96. The fourth-order valence-electron chi connectivity index (χ4n) is 1.19. The summed E-state index contributed by atoms with van der Waals surface area (Å²) in [5, 5.41) is 0.402. The first kappa shape index (κ1) is 12.5. The third kappa shape index (κ3) is 4.18. The summed E-state index contributed by atoms with van der Waals surface area (Å²) in [6.45, 7) is 2.69. The van der Waals surface area contributed by atoms with Crippen LogP contribution in [0.15, 0.2) is 18.2 Å². The molecule has 1 aromatic rings. The van der Waals surface area contributed by atoms with Crippen LogP contribution in [0, 0.1) is 11.6 Å². The molecule has 1 nitrogen and oxygen atoms in total. The van der Waals surface area contributed by atoms with E-state index in [9.17, 15) is 8.78 Å². The van der Waals surface area contributed by atoms with Crippen molar-refractivity contribution < 1.29 is 8.78 Å². The van der Waals surface area contributed by atoms with E-state index in [-0.39, 0.29) is 0 Å². The van der Waals surface area contributed by atoms with Gasteiger partial charge in [-0.25, -0.2) is 8.78 Å². The van der Waals surface area contributed by atoms with E-state index in [1.54, 1.807) is 11.8 Å². The number of hydrogen-bond acceptors (Lipinski definition) is 2. The molecule has 0 heterocycles. The molecule has 4 heteroatoms. The van der Waals surface area contributed by atoms with Gasteiger partial charge in [-0.1, -0.05) is 13.0 Å². The molecule has 15 heavy (non-hydrogen) atoms. The Labute approximate surface area is 93.1 Å². The molecule has 1 atom stereocenters. The Morgan fingerprint density at radius 3 is 2.73 bits per heavy atom. The lowest BCUT2D eigenvalue weighted by Crippen LogP contribution is -2.07. The molecule has 84 valence electrons. The molecular formula is C11H15F2NS. The predicted octanol–water partition coefficient (Wildman–Crippen LogP) is 2.94. The topological polar surface area (TPSA) is 26.0 Å². The molecule has 0 radical (unpaired) electrons. The Morgan fingerprint density at radius 1 is 1.40 bits per heavy atom.